The zero-order valence-corrected chi connectivity index (χ0v) is 13.7. The third-order valence-corrected chi connectivity index (χ3v) is 3.66. The number of ether oxygens (including phenoxy) is 1. The number of rotatable bonds is 5. The van der Waals surface area contributed by atoms with Gasteiger partial charge in [0.15, 0.2) is 0 Å². The number of methoxy groups -OCH3 is 1. The Hall–Kier alpha value is -2.27. The molecule has 2 aromatic carbocycles. The number of halogens is 2. The monoisotopic (exact) mass is 336 g/mol. The van der Waals surface area contributed by atoms with Crippen molar-refractivity contribution in [2.24, 2.45) is 0 Å². The average molecular weight is 337 g/mol. The normalized spacial score (nSPS) is 10.3. The molecule has 122 valence electrons. The summed E-state index contributed by atoms with van der Waals surface area (Å²) < 4.78 is 18.3. The van der Waals surface area contributed by atoms with Gasteiger partial charge >= 0.3 is 6.03 Å². The van der Waals surface area contributed by atoms with Gasteiger partial charge in [-0.2, -0.15) is 0 Å². The highest BCUT2D eigenvalue weighted by Gasteiger charge is 2.14. The molecule has 0 heterocycles. The van der Waals surface area contributed by atoms with Gasteiger partial charge in [-0.25, -0.2) is 9.18 Å². The zero-order chi connectivity index (χ0) is 16.8. The van der Waals surface area contributed by atoms with Crippen LogP contribution in [0.25, 0.3) is 0 Å². The Kier molecular flexibility index (Phi) is 5.82. The van der Waals surface area contributed by atoms with E-state index in [1.54, 1.807) is 42.3 Å². The second kappa shape index (κ2) is 7.83. The molecule has 4 nitrogen and oxygen atoms in total. The number of anilines is 1. The highest BCUT2D eigenvalue weighted by Crippen LogP contribution is 2.27. The minimum atomic E-state index is -0.322. The Balaban J connectivity index is 2.08. The molecule has 0 unspecified atom stereocenters. The van der Waals surface area contributed by atoms with Gasteiger partial charge in [0.2, 0.25) is 0 Å². The second-order valence-electron chi connectivity index (χ2n) is 4.92. The average Bonchev–Trinajstić information content (AvgIpc) is 2.54. The molecule has 2 aromatic rings. The second-order valence-corrected chi connectivity index (χ2v) is 5.33. The number of carbonyl (C=O) groups is 1. The molecule has 2 rings (SSSR count). The third kappa shape index (κ3) is 4.60. The van der Waals surface area contributed by atoms with Crippen LogP contribution in [0.1, 0.15) is 12.5 Å². The standard InChI is InChI=1S/C17H18ClFN2O2/c1-3-21(11-12-5-4-6-13(19)9-12)17(22)20-16-8-7-14(23-2)10-15(16)18/h4-10H,3,11H2,1-2H3,(H,20,22). The molecule has 0 saturated carbocycles. The van der Waals surface area contributed by atoms with Gasteiger partial charge in [0, 0.05) is 19.2 Å². The van der Waals surface area contributed by atoms with Crippen molar-refractivity contribution in [2.45, 2.75) is 13.5 Å². The van der Waals surface area contributed by atoms with Crippen LogP contribution in [-0.2, 0) is 6.54 Å². The third-order valence-electron chi connectivity index (χ3n) is 3.35. The largest absolute Gasteiger partial charge is 0.497 e. The van der Waals surface area contributed by atoms with Crippen molar-refractivity contribution in [3.05, 3.63) is 58.9 Å². The lowest BCUT2D eigenvalue weighted by Gasteiger charge is -2.22. The molecule has 0 aliphatic rings. The van der Waals surface area contributed by atoms with E-state index in [1.807, 2.05) is 6.92 Å². The predicted molar refractivity (Wildman–Crippen MR) is 89.5 cm³/mol. The van der Waals surface area contributed by atoms with E-state index in [9.17, 15) is 9.18 Å². The van der Waals surface area contributed by atoms with E-state index in [1.165, 1.54) is 12.1 Å². The zero-order valence-electron chi connectivity index (χ0n) is 13.0. The number of hydrogen-bond donors (Lipinski definition) is 1. The van der Waals surface area contributed by atoms with Crippen LogP contribution >= 0.6 is 11.6 Å². The lowest BCUT2D eigenvalue weighted by Crippen LogP contribution is -2.34. The molecule has 0 aliphatic heterocycles. The first-order valence-corrected chi connectivity index (χ1v) is 7.55. The summed E-state index contributed by atoms with van der Waals surface area (Å²) in [4.78, 5) is 13.9. The highest BCUT2D eigenvalue weighted by molar-refractivity contribution is 6.33. The maximum atomic E-state index is 13.2. The van der Waals surface area contributed by atoms with Gasteiger partial charge in [0.25, 0.3) is 0 Å². The van der Waals surface area contributed by atoms with Gasteiger partial charge in [-0.1, -0.05) is 23.7 Å². The van der Waals surface area contributed by atoms with E-state index in [2.05, 4.69) is 5.32 Å². The minimum absolute atomic E-state index is 0.302. The molecule has 0 atom stereocenters. The lowest BCUT2D eigenvalue weighted by atomic mass is 10.2. The van der Waals surface area contributed by atoms with Gasteiger partial charge in [-0.15, -0.1) is 0 Å². The SMILES string of the molecule is CCN(Cc1cccc(F)c1)C(=O)Nc1ccc(OC)cc1Cl. The first-order valence-electron chi connectivity index (χ1n) is 7.17. The van der Waals surface area contributed by atoms with Gasteiger partial charge in [0.05, 0.1) is 17.8 Å². The van der Waals surface area contributed by atoms with Crippen molar-refractivity contribution in [3.63, 3.8) is 0 Å². The lowest BCUT2D eigenvalue weighted by molar-refractivity contribution is 0.212. The van der Waals surface area contributed by atoms with Crippen LogP contribution in [0, 0.1) is 5.82 Å². The van der Waals surface area contributed by atoms with Crippen molar-refractivity contribution >= 4 is 23.3 Å². The van der Waals surface area contributed by atoms with E-state index in [0.717, 1.165) is 5.56 Å². The number of amides is 2. The van der Waals surface area contributed by atoms with E-state index in [-0.39, 0.29) is 11.8 Å². The molecular formula is C17H18ClFN2O2. The highest BCUT2D eigenvalue weighted by atomic mass is 35.5. The summed E-state index contributed by atoms with van der Waals surface area (Å²) in [6, 6.07) is 10.9. The summed E-state index contributed by atoms with van der Waals surface area (Å²) in [6.45, 7) is 2.65. The number of urea groups is 1. The summed E-state index contributed by atoms with van der Waals surface area (Å²) in [7, 11) is 1.54. The maximum absolute atomic E-state index is 13.2. The molecule has 0 saturated heterocycles. The topological polar surface area (TPSA) is 41.6 Å². The Morgan fingerprint density at radius 2 is 2.09 bits per heavy atom. The smallest absolute Gasteiger partial charge is 0.322 e. The molecule has 0 spiro atoms. The van der Waals surface area contributed by atoms with Crippen LogP contribution in [0.15, 0.2) is 42.5 Å². The number of hydrogen-bond acceptors (Lipinski definition) is 2. The fourth-order valence-electron chi connectivity index (χ4n) is 2.10. The summed E-state index contributed by atoms with van der Waals surface area (Å²) in [5.41, 5.74) is 1.22. The number of carbonyl (C=O) groups excluding carboxylic acids is 1. The van der Waals surface area contributed by atoms with Crippen molar-refractivity contribution in [1.82, 2.24) is 4.90 Å². The minimum Gasteiger partial charge on any atom is -0.497 e. The predicted octanol–water partition coefficient (Wildman–Crippen LogP) is 4.54. The Morgan fingerprint density at radius 3 is 2.70 bits per heavy atom. The molecule has 1 N–H and O–H groups in total. The maximum Gasteiger partial charge on any atom is 0.322 e. The van der Waals surface area contributed by atoms with Crippen LogP contribution in [0.3, 0.4) is 0 Å². The number of benzene rings is 2. The van der Waals surface area contributed by atoms with Crippen LogP contribution in [-0.4, -0.2) is 24.6 Å². The van der Waals surface area contributed by atoms with Crippen molar-refractivity contribution in [1.29, 1.82) is 0 Å². The summed E-state index contributed by atoms with van der Waals surface area (Å²) >= 11 is 6.12. The molecule has 0 fully saturated rings. The van der Waals surface area contributed by atoms with E-state index in [4.69, 9.17) is 16.3 Å². The van der Waals surface area contributed by atoms with Gasteiger partial charge in [-0.3, -0.25) is 0 Å². The number of nitrogens with one attached hydrogen (secondary N) is 1. The fourth-order valence-corrected chi connectivity index (χ4v) is 2.32. The van der Waals surface area contributed by atoms with Gasteiger partial charge in [-0.05, 0) is 36.8 Å². The van der Waals surface area contributed by atoms with E-state index >= 15 is 0 Å². The number of nitrogens with zero attached hydrogens (tertiary/aromatic N) is 1. The van der Waals surface area contributed by atoms with Crippen molar-refractivity contribution in [2.75, 3.05) is 19.0 Å². The van der Waals surface area contributed by atoms with Crippen molar-refractivity contribution in [3.8, 4) is 5.75 Å². The molecule has 0 aromatic heterocycles. The van der Waals surface area contributed by atoms with Gasteiger partial charge < -0.3 is 15.0 Å². The van der Waals surface area contributed by atoms with Gasteiger partial charge in [0.1, 0.15) is 11.6 Å². The molecular weight excluding hydrogens is 319 g/mol. The van der Waals surface area contributed by atoms with Crippen LogP contribution in [0.4, 0.5) is 14.9 Å². The van der Waals surface area contributed by atoms with E-state index < -0.39 is 0 Å². The van der Waals surface area contributed by atoms with E-state index in [0.29, 0.717) is 29.5 Å². The van der Waals surface area contributed by atoms with Crippen LogP contribution in [0.2, 0.25) is 5.02 Å². The van der Waals surface area contributed by atoms with Crippen LogP contribution < -0.4 is 10.1 Å². The fraction of sp³-hybridized carbons (Fsp3) is 0.235. The first-order chi connectivity index (χ1) is 11.0. The van der Waals surface area contributed by atoms with Crippen molar-refractivity contribution < 1.29 is 13.9 Å². The first kappa shape index (κ1) is 17.1. The summed E-state index contributed by atoms with van der Waals surface area (Å²) in [6.07, 6.45) is 0. The van der Waals surface area contributed by atoms with Crippen LogP contribution in [0.5, 0.6) is 5.75 Å². The Bertz CT molecular complexity index is 694. The molecule has 23 heavy (non-hydrogen) atoms. The molecule has 2 amide bonds. The molecule has 0 aliphatic carbocycles. The summed E-state index contributed by atoms with van der Waals surface area (Å²) in [5.74, 6) is 0.289. The quantitative estimate of drug-likeness (QED) is 0.870. The Labute approximate surface area is 139 Å². The molecule has 0 radical (unpaired) electrons. The summed E-state index contributed by atoms with van der Waals surface area (Å²) in [5, 5.41) is 3.14. The molecule has 0 bridgehead atoms. The molecule has 6 heteroatoms. The Morgan fingerprint density at radius 1 is 1.30 bits per heavy atom.